The number of rotatable bonds is 11. The van der Waals surface area contributed by atoms with E-state index in [0.29, 0.717) is 25.9 Å². The molecule has 1 unspecified atom stereocenters. The summed E-state index contributed by atoms with van der Waals surface area (Å²) >= 11 is 1.78. The van der Waals surface area contributed by atoms with Crippen molar-refractivity contribution in [3.05, 3.63) is 48.0 Å². The topological polar surface area (TPSA) is 209 Å². The molecule has 62 heavy (non-hydrogen) atoms. The van der Waals surface area contributed by atoms with Crippen LogP contribution < -0.4 is 5.32 Å². The average molecular weight is 982 g/mol. The maximum absolute atomic E-state index is 13.8. The largest absolute Gasteiger partial charge is 0.448 e. The average Bonchev–Trinajstić information content (AvgIpc) is 3.21. The SMILES string of the molecule is CC(NC(=O)N(CCC#N)CCCN1C[C@H](C)C[C@@](C)(O)[C@H](O[C@@H]2O[C@H](C)C[C@H](N(C)C)[C@H]2O)[C@@H](C)[C@H](O)[C@@H](C)C(=O)O[C@H](I)[C@@](C)(O)[C@H](O)[C@H]1C)c1cccc2ccccc12. The number of esters is 1. The number of amides is 2. The number of alkyl halides is 1. The number of cyclic esters (lactones) is 1. The number of urea groups is 1. The molecule has 0 bridgehead atoms. The summed E-state index contributed by atoms with van der Waals surface area (Å²) in [4.78, 5) is 32.9. The van der Waals surface area contributed by atoms with Crippen molar-refractivity contribution in [3.8, 4) is 6.07 Å². The van der Waals surface area contributed by atoms with Crippen LogP contribution in [0.3, 0.4) is 0 Å². The lowest BCUT2D eigenvalue weighted by atomic mass is 9.78. The van der Waals surface area contributed by atoms with Gasteiger partial charge in [-0.15, -0.1) is 0 Å². The van der Waals surface area contributed by atoms with Crippen LogP contribution in [0.15, 0.2) is 42.5 Å². The molecule has 348 valence electrons. The number of fused-ring (bicyclic) bond motifs is 1. The Morgan fingerprint density at radius 1 is 1.05 bits per heavy atom. The second-order valence-corrected chi connectivity index (χ2v) is 19.7. The smallest absolute Gasteiger partial charge is 0.317 e. The van der Waals surface area contributed by atoms with Crippen molar-refractivity contribution in [2.45, 2.75) is 151 Å². The van der Waals surface area contributed by atoms with Crippen molar-refractivity contribution >= 4 is 45.4 Å². The number of ether oxygens (including phenoxy) is 3. The van der Waals surface area contributed by atoms with Crippen LogP contribution in [0.2, 0.25) is 0 Å². The van der Waals surface area contributed by atoms with Gasteiger partial charge in [0, 0.05) is 44.2 Å². The molecule has 0 radical (unpaired) electrons. The van der Waals surface area contributed by atoms with Gasteiger partial charge in [0.1, 0.15) is 17.8 Å². The van der Waals surface area contributed by atoms with Crippen molar-refractivity contribution < 1.29 is 49.3 Å². The molecule has 2 aromatic carbocycles. The molecule has 2 heterocycles. The molecule has 15 atom stereocenters. The van der Waals surface area contributed by atoms with E-state index in [1.165, 1.54) is 13.8 Å². The summed E-state index contributed by atoms with van der Waals surface area (Å²) in [5.41, 5.74) is -2.60. The van der Waals surface area contributed by atoms with Crippen LogP contribution in [0.4, 0.5) is 4.79 Å². The van der Waals surface area contributed by atoms with Crippen molar-refractivity contribution in [1.29, 1.82) is 5.26 Å². The van der Waals surface area contributed by atoms with Gasteiger partial charge in [-0.2, -0.15) is 5.26 Å². The molecule has 2 aliphatic heterocycles. The van der Waals surface area contributed by atoms with Crippen LogP contribution in [-0.4, -0.2) is 157 Å². The maximum atomic E-state index is 13.8. The molecule has 4 rings (SSSR count). The highest BCUT2D eigenvalue weighted by molar-refractivity contribution is 14.1. The molecule has 0 aromatic heterocycles. The summed E-state index contributed by atoms with van der Waals surface area (Å²) in [5, 5.41) is 73.8. The van der Waals surface area contributed by atoms with E-state index in [1.807, 2.05) is 87.1 Å². The molecular weight excluding hydrogens is 909 g/mol. The number of likely N-dealkylation sites (N-methyl/N-ethyl adjacent to an activating group) is 1. The maximum Gasteiger partial charge on any atom is 0.317 e. The Balaban J connectivity index is 1.61. The lowest BCUT2D eigenvalue weighted by molar-refractivity contribution is -0.299. The highest BCUT2D eigenvalue weighted by Gasteiger charge is 2.50. The first-order valence-electron chi connectivity index (χ1n) is 22.0. The second kappa shape index (κ2) is 22.5. The fraction of sp³-hybridized carbons (Fsp3) is 0.717. The first kappa shape index (κ1) is 51.9. The zero-order valence-corrected chi connectivity index (χ0v) is 40.3. The normalized spacial score (nSPS) is 36.2. The minimum Gasteiger partial charge on any atom is -0.448 e. The Bertz CT molecular complexity index is 1810. The number of carbonyl (C=O) groups excluding carboxylic acids is 2. The molecule has 2 amide bonds. The van der Waals surface area contributed by atoms with Crippen LogP contribution >= 0.6 is 22.6 Å². The van der Waals surface area contributed by atoms with Crippen LogP contribution in [0, 0.1) is 29.1 Å². The summed E-state index contributed by atoms with van der Waals surface area (Å²) in [7, 11) is 3.72. The molecule has 2 fully saturated rings. The Labute approximate surface area is 381 Å². The standard InChI is InChI=1S/C46H72IN5O10/c1-27-25-45(7,58)40(61-42-38(54)36(50(9)10)24-28(2)60-42)29(3)37(53)30(4)41(56)62-43(47)46(8,59)39(55)32(6)52(26-27)23-15-22-51(21-14-20-48)44(57)49-31(5)34-19-13-17-33-16-11-12-18-35(33)34/h11-13,16-19,27-32,36-40,42-43,53-55,58-59H,14-15,21-26H2,1-10H3,(H,49,57)/t27-,28-,29+,30-,31?,32-,36+,37+,38-,39-,40-,42+,43+,45-,46+/m1/s1. The van der Waals surface area contributed by atoms with Gasteiger partial charge in [-0.05, 0) is 120 Å². The number of benzene rings is 2. The number of aliphatic hydroxyl groups excluding tert-OH is 3. The molecule has 15 nitrogen and oxygen atoms in total. The Morgan fingerprint density at radius 2 is 1.71 bits per heavy atom. The number of hydrogen-bond donors (Lipinski definition) is 6. The third kappa shape index (κ3) is 12.8. The third-order valence-corrected chi connectivity index (χ3v) is 14.5. The molecule has 0 aliphatic carbocycles. The van der Waals surface area contributed by atoms with Gasteiger partial charge < -0.3 is 54.9 Å². The molecule has 0 spiro atoms. The van der Waals surface area contributed by atoms with Gasteiger partial charge in [0.05, 0.1) is 48.4 Å². The highest BCUT2D eigenvalue weighted by atomic mass is 127. The van der Waals surface area contributed by atoms with E-state index in [9.17, 15) is 40.4 Å². The fourth-order valence-corrected chi connectivity index (χ4v) is 9.87. The number of nitriles is 1. The van der Waals surface area contributed by atoms with Crippen LogP contribution in [0.1, 0.15) is 92.7 Å². The lowest BCUT2D eigenvalue weighted by Gasteiger charge is -2.46. The van der Waals surface area contributed by atoms with E-state index in [1.54, 1.807) is 48.3 Å². The van der Waals surface area contributed by atoms with Gasteiger partial charge in [-0.1, -0.05) is 56.3 Å². The van der Waals surface area contributed by atoms with Gasteiger partial charge in [-0.3, -0.25) is 9.69 Å². The summed E-state index contributed by atoms with van der Waals surface area (Å²) in [6.07, 6.45) is -5.19. The molecule has 6 N–H and O–H groups in total. The number of carbonyl (C=O) groups is 2. The van der Waals surface area contributed by atoms with E-state index >= 15 is 0 Å². The minimum atomic E-state index is -1.94. The Hall–Kier alpha value is -2.70. The Kier molecular flexibility index (Phi) is 18.8. The molecule has 0 saturated carbocycles. The van der Waals surface area contributed by atoms with Crippen molar-refractivity contribution in [1.82, 2.24) is 20.0 Å². The molecule has 2 saturated heterocycles. The minimum absolute atomic E-state index is 0.131. The summed E-state index contributed by atoms with van der Waals surface area (Å²) < 4.78 is 17.1. The molecule has 2 aromatic rings. The third-order valence-electron chi connectivity index (χ3n) is 13.0. The number of hydrogen-bond acceptors (Lipinski definition) is 13. The first-order chi connectivity index (χ1) is 29.0. The van der Waals surface area contributed by atoms with E-state index in [-0.39, 0.29) is 56.1 Å². The van der Waals surface area contributed by atoms with Gasteiger partial charge in [0.15, 0.2) is 10.4 Å². The van der Waals surface area contributed by atoms with Gasteiger partial charge in [-0.25, -0.2) is 4.79 Å². The van der Waals surface area contributed by atoms with Gasteiger partial charge in [0.25, 0.3) is 0 Å². The van der Waals surface area contributed by atoms with Crippen LogP contribution in [0.5, 0.6) is 0 Å². The second-order valence-electron chi connectivity index (χ2n) is 18.6. The van der Waals surface area contributed by atoms with E-state index in [4.69, 9.17) is 14.2 Å². The molecule has 2 aliphatic rings. The predicted octanol–water partition coefficient (Wildman–Crippen LogP) is 4.56. The van der Waals surface area contributed by atoms with Gasteiger partial charge in [0.2, 0.25) is 0 Å². The van der Waals surface area contributed by atoms with Crippen LogP contribution in [-0.2, 0) is 19.0 Å². The van der Waals surface area contributed by atoms with Crippen molar-refractivity contribution in [2.75, 3.05) is 40.3 Å². The number of halogens is 1. The fourth-order valence-electron chi connectivity index (χ4n) is 9.26. The zero-order valence-electron chi connectivity index (χ0n) is 38.1. The summed E-state index contributed by atoms with van der Waals surface area (Å²) in [6, 6.07) is 14.4. The monoisotopic (exact) mass is 981 g/mol. The van der Waals surface area contributed by atoms with Gasteiger partial charge >= 0.3 is 12.0 Å². The highest BCUT2D eigenvalue weighted by Crippen LogP contribution is 2.37. The van der Waals surface area contributed by atoms with Crippen molar-refractivity contribution in [3.63, 3.8) is 0 Å². The quantitative estimate of drug-likeness (QED) is 0.104. The molecule has 16 heteroatoms. The molecular formula is C46H72IN5O10. The van der Waals surface area contributed by atoms with Crippen LogP contribution in [0.25, 0.3) is 10.8 Å². The predicted molar refractivity (Wildman–Crippen MR) is 245 cm³/mol. The first-order valence-corrected chi connectivity index (χ1v) is 23.2. The number of aliphatic hydroxyl groups is 5. The van der Waals surface area contributed by atoms with E-state index in [0.717, 1.165) is 16.3 Å². The summed E-state index contributed by atoms with van der Waals surface area (Å²) in [5.74, 6) is -3.10. The Morgan fingerprint density at radius 3 is 2.37 bits per heavy atom. The number of nitrogens with zero attached hydrogens (tertiary/aromatic N) is 4. The van der Waals surface area contributed by atoms with E-state index < -0.39 is 69.9 Å². The zero-order chi connectivity index (χ0) is 46.3. The van der Waals surface area contributed by atoms with Crippen molar-refractivity contribution in [2.24, 2.45) is 17.8 Å². The summed E-state index contributed by atoms with van der Waals surface area (Å²) in [6.45, 7) is 14.9. The lowest BCUT2D eigenvalue weighted by Crippen LogP contribution is -2.59. The number of nitrogens with one attached hydrogen (secondary N) is 1. The van der Waals surface area contributed by atoms with E-state index in [2.05, 4.69) is 11.4 Å².